The van der Waals surface area contributed by atoms with Gasteiger partial charge in [-0.15, -0.1) is 0 Å². The monoisotopic (exact) mass is 165 g/mol. The van der Waals surface area contributed by atoms with Gasteiger partial charge in [0.15, 0.2) is 0 Å². The van der Waals surface area contributed by atoms with Gasteiger partial charge in [0.05, 0.1) is 0 Å². The Hall–Kier alpha value is -0.985. The van der Waals surface area contributed by atoms with E-state index >= 15 is 0 Å². The fourth-order valence-electron chi connectivity index (χ4n) is 1.01. The summed E-state index contributed by atoms with van der Waals surface area (Å²) in [6.07, 6.45) is 0. The van der Waals surface area contributed by atoms with E-state index in [1.165, 1.54) is 0 Å². The van der Waals surface area contributed by atoms with E-state index in [1.807, 2.05) is 39.2 Å². The van der Waals surface area contributed by atoms with Crippen LogP contribution in [0.3, 0.4) is 0 Å². The number of hydrogen-bond donors (Lipinski definition) is 0. The first-order chi connectivity index (χ1) is 5.77. The molecule has 0 saturated heterocycles. The fourth-order valence-corrected chi connectivity index (χ4v) is 1.01. The van der Waals surface area contributed by atoms with E-state index < -0.39 is 6.86 Å². The SMILES string of the molecule is C[B]c1ccc(C)c(OCF)c1. The van der Waals surface area contributed by atoms with Crippen molar-refractivity contribution in [3.63, 3.8) is 0 Å². The van der Waals surface area contributed by atoms with Crippen LogP contribution in [0.25, 0.3) is 0 Å². The molecule has 0 heterocycles. The molecule has 0 aliphatic heterocycles. The number of rotatable bonds is 3. The smallest absolute Gasteiger partial charge is 0.228 e. The Morgan fingerprint density at radius 3 is 2.83 bits per heavy atom. The minimum Gasteiger partial charge on any atom is -0.463 e. The highest BCUT2D eigenvalue weighted by atomic mass is 19.1. The Kier molecular flexibility index (Phi) is 3.14. The van der Waals surface area contributed by atoms with Gasteiger partial charge in [0.25, 0.3) is 0 Å². The Balaban J connectivity index is 2.91. The average Bonchev–Trinajstić information content (AvgIpc) is 2.09. The molecule has 0 amide bonds. The van der Waals surface area contributed by atoms with E-state index in [2.05, 4.69) is 0 Å². The molecule has 0 unspecified atom stereocenters. The Labute approximate surface area is 72.8 Å². The lowest BCUT2D eigenvalue weighted by molar-refractivity contribution is 0.191. The summed E-state index contributed by atoms with van der Waals surface area (Å²) in [4.78, 5) is 0. The van der Waals surface area contributed by atoms with Gasteiger partial charge in [-0.25, -0.2) is 4.39 Å². The van der Waals surface area contributed by atoms with Crippen LogP contribution in [0.5, 0.6) is 5.75 Å². The first-order valence-electron chi connectivity index (χ1n) is 3.86. The minimum atomic E-state index is -0.770. The van der Waals surface area contributed by atoms with Crippen molar-refractivity contribution in [2.45, 2.75) is 13.7 Å². The number of alkyl halides is 1. The van der Waals surface area contributed by atoms with E-state index in [4.69, 9.17) is 4.74 Å². The van der Waals surface area contributed by atoms with Gasteiger partial charge in [-0.2, -0.15) is 0 Å². The van der Waals surface area contributed by atoms with E-state index in [0.717, 1.165) is 11.0 Å². The van der Waals surface area contributed by atoms with Gasteiger partial charge >= 0.3 is 0 Å². The second-order valence-corrected chi connectivity index (χ2v) is 2.57. The van der Waals surface area contributed by atoms with E-state index in [0.29, 0.717) is 5.75 Å². The van der Waals surface area contributed by atoms with Crippen LogP contribution in [-0.2, 0) is 0 Å². The zero-order chi connectivity index (χ0) is 8.97. The van der Waals surface area contributed by atoms with Gasteiger partial charge in [0, 0.05) is 0 Å². The zero-order valence-corrected chi connectivity index (χ0v) is 7.30. The normalized spacial score (nSPS) is 9.58. The molecular weight excluding hydrogens is 154 g/mol. The molecule has 0 atom stereocenters. The molecule has 0 fully saturated rings. The number of ether oxygens (including phenoxy) is 1. The third-order valence-corrected chi connectivity index (χ3v) is 1.76. The number of hydrogen-bond acceptors (Lipinski definition) is 1. The van der Waals surface area contributed by atoms with Gasteiger partial charge in [-0.1, -0.05) is 24.4 Å². The molecule has 0 saturated carbocycles. The quantitative estimate of drug-likeness (QED) is 0.619. The van der Waals surface area contributed by atoms with Gasteiger partial charge in [0.1, 0.15) is 13.0 Å². The maximum Gasteiger partial charge on any atom is 0.228 e. The van der Waals surface area contributed by atoms with Crippen molar-refractivity contribution < 1.29 is 9.13 Å². The lowest BCUT2D eigenvalue weighted by atomic mass is 9.73. The Morgan fingerprint density at radius 1 is 1.50 bits per heavy atom. The summed E-state index contributed by atoms with van der Waals surface area (Å²) in [5, 5.41) is 0. The molecule has 0 aliphatic carbocycles. The summed E-state index contributed by atoms with van der Waals surface area (Å²) in [6, 6.07) is 5.72. The molecule has 1 aromatic carbocycles. The molecule has 1 aromatic rings. The minimum absolute atomic E-state index is 0.619. The third kappa shape index (κ3) is 2.00. The molecule has 0 bridgehead atoms. The topological polar surface area (TPSA) is 9.23 Å². The van der Waals surface area contributed by atoms with Crippen molar-refractivity contribution in [3.8, 4) is 5.75 Å². The van der Waals surface area contributed by atoms with Crippen molar-refractivity contribution >= 4 is 12.7 Å². The van der Waals surface area contributed by atoms with Crippen molar-refractivity contribution in [2.75, 3.05) is 6.86 Å². The van der Waals surface area contributed by atoms with E-state index in [-0.39, 0.29) is 0 Å². The van der Waals surface area contributed by atoms with Crippen molar-refractivity contribution in [2.24, 2.45) is 0 Å². The molecule has 1 radical (unpaired) electrons. The van der Waals surface area contributed by atoms with Crippen LogP contribution >= 0.6 is 0 Å². The Morgan fingerprint density at radius 2 is 2.25 bits per heavy atom. The summed E-state index contributed by atoms with van der Waals surface area (Å²) in [5.41, 5.74) is 2.00. The van der Waals surface area contributed by atoms with E-state index in [1.54, 1.807) is 0 Å². The lowest BCUT2D eigenvalue weighted by Crippen LogP contribution is -2.10. The van der Waals surface area contributed by atoms with Gasteiger partial charge in [0.2, 0.25) is 6.86 Å². The van der Waals surface area contributed by atoms with Crippen LogP contribution in [0.1, 0.15) is 5.56 Å². The molecule has 1 nitrogen and oxygen atoms in total. The highest BCUT2D eigenvalue weighted by molar-refractivity contribution is 6.51. The van der Waals surface area contributed by atoms with Crippen LogP contribution < -0.4 is 10.2 Å². The van der Waals surface area contributed by atoms with Crippen LogP contribution in [0.4, 0.5) is 4.39 Å². The third-order valence-electron chi connectivity index (χ3n) is 1.76. The number of aryl methyl sites for hydroxylation is 1. The predicted octanol–water partition coefficient (Wildman–Crippen LogP) is 1.68. The largest absolute Gasteiger partial charge is 0.463 e. The van der Waals surface area contributed by atoms with Crippen LogP contribution in [0.2, 0.25) is 6.82 Å². The first kappa shape index (κ1) is 9.11. The molecule has 1 rings (SSSR count). The van der Waals surface area contributed by atoms with Crippen molar-refractivity contribution in [3.05, 3.63) is 23.8 Å². The van der Waals surface area contributed by atoms with Gasteiger partial charge in [-0.05, 0) is 18.6 Å². The van der Waals surface area contributed by atoms with Crippen LogP contribution in [0, 0.1) is 6.92 Å². The van der Waals surface area contributed by atoms with Crippen LogP contribution in [-0.4, -0.2) is 14.1 Å². The second-order valence-electron chi connectivity index (χ2n) is 2.57. The molecule has 12 heavy (non-hydrogen) atoms. The summed E-state index contributed by atoms with van der Waals surface area (Å²) >= 11 is 0. The molecule has 0 N–H and O–H groups in total. The molecule has 0 aliphatic rings. The highest BCUT2D eigenvalue weighted by Gasteiger charge is 1.99. The maximum atomic E-state index is 11.9. The standard InChI is InChI=1S/C9H11BFO/c1-7-3-4-8(10-2)5-9(7)12-6-11/h3-5H,6H2,1-2H3. The van der Waals surface area contributed by atoms with Crippen molar-refractivity contribution in [1.82, 2.24) is 0 Å². The Bertz CT molecular complexity index is 263. The average molecular weight is 165 g/mol. The summed E-state index contributed by atoms with van der Waals surface area (Å²) in [5.74, 6) is 0.619. The van der Waals surface area contributed by atoms with Crippen molar-refractivity contribution in [1.29, 1.82) is 0 Å². The molecule has 63 valence electrons. The molecule has 3 heteroatoms. The van der Waals surface area contributed by atoms with E-state index in [9.17, 15) is 4.39 Å². The summed E-state index contributed by atoms with van der Waals surface area (Å²) in [7, 11) is 1.95. The lowest BCUT2D eigenvalue weighted by Gasteiger charge is -2.06. The summed E-state index contributed by atoms with van der Waals surface area (Å²) in [6.45, 7) is 3.06. The predicted molar refractivity (Wildman–Crippen MR) is 49.0 cm³/mol. The maximum absolute atomic E-state index is 11.9. The highest BCUT2D eigenvalue weighted by Crippen LogP contribution is 2.14. The number of halogens is 1. The fraction of sp³-hybridized carbons (Fsp3) is 0.333. The molecule has 0 aromatic heterocycles. The van der Waals surface area contributed by atoms with Gasteiger partial charge in [-0.3, -0.25) is 0 Å². The molecule has 0 spiro atoms. The zero-order valence-electron chi connectivity index (χ0n) is 7.30. The molecular formula is C9H11BFO. The number of benzene rings is 1. The van der Waals surface area contributed by atoms with Gasteiger partial charge < -0.3 is 4.74 Å². The van der Waals surface area contributed by atoms with Crippen LogP contribution in [0.15, 0.2) is 18.2 Å². The second kappa shape index (κ2) is 4.14. The first-order valence-corrected chi connectivity index (χ1v) is 3.86. The summed E-state index contributed by atoms with van der Waals surface area (Å²) < 4.78 is 16.7.